The van der Waals surface area contributed by atoms with Gasteiger partial charge in [-0.3, -0.25) is 0 Å². The molecule has 0 radical (unpaired) electrons. The molecule has 2 aliphatic rings. The number of aliphatic hydroxyl groups is 1. The van der Waals surface area contributed by atoms with E-state index < -0.39 is 11.7 Å². The van der Waals surface area contributed by atoms with Crippen LogP contribution in [-0.4, -0.2) is 46.1 Å². The van der Waals surface area contributed by atoms with Crippen molar-refractivity contribution in [3.8, 4) is 0 Å². The number of likely N-dealkylation sites (tertiary alicyclic amines) is 1. The number of aliphatic hydroxyl groups excluding tert-OH is 1. The fourth-order valence-corrected chi connectivity index (χ4v) is 3.57. The van der Waals surface area contributed by atoms with Crippen LogP contribution < -0.4 is 0 Å². The Bertz CT molecular complexity index is 637. The summed E-state index contributed by atoms with van der Waals surface area (Å²) in [4.78, 5) is 14.0. The quantitative estimate of drug-likeness (QED) is 0.860. The molecule has 1 aliphatic carbocycles. The van der Waals surface area contributed by atoms with Crippen LogP contribution in [0.1, 0.15) is 37.8 Å². The van der Waals surface area contributed by atoms with E-state index in [0.717, 1.165) is 22.6 Å². The number of aryl methyl sites for hydroxylation is 2. The van der Waals surface area contributed by atoms with E-state index in [1.165, 1.54) is 0 Å². The Morgan fingerprint density at radius 2 is 2.09 bits per heavy atom. The fourth-order valence-electron chi connectivity index (χ4n) is 3.57. The SMILES string of the molecule is Cc1noc(C)c1C1=CC(O)C2CN(C(=O)OC(C)(C)C)CC12. The third-order valence-corrected chi connectivity index (χ3v) is 4.53. The van der Waals surface area contributed by atoms with Gasteiger partial charge in [0.25, 0.3) is 0 Å². The van der Waals surface area contributed by atoms with E-state index in [1.807, 2.05) is 40.7 Å². The number of nitrogens with zero attached hydrogens (tertiary/aromatic N) is 2. The monoisotopic (exact) mass is 320 g/mol. The average molecular weight is 320 g/mol. The Morgan fingerprint density at radius 3 is 2.65 bits per heavy atom. The van der Waals surface area contributed by atoms with Crippen LogP contribution >= 0.6 is 0 Å². The maximum absolute atomic E-state index is 12.3. The Balaban J connectivity index is 1.81. The predicted octanol–water partition coefficient (Wildman–Crippen LogP) is 2.53. The zero-order valence-corrected chi connectivity index (χ0v) is 14.3. The predicted molar refractivity (Wildman–Crippen MR) is 84.7 cm³/mol. The first-order chi connectivity index (χ1) is 10.7. The molecule has 6 nitrogen and oxygen atoms in total. The lowest BCUT2D eigenvalue weighted by molar-refractivity contribution is 0.0276. The van der Waals surface area contributed by atoms with Gasteiger partial charge in [0.05, 0.1) is 11.8 Å². The van der Waals surface area contributed by atoms with Crippen molar-refractivity contribution in [2.45, 2.75) is 46.3 Å². The van der Waals surface area contributed by atoms with Gasteiger partial charge in [0.1, 0.15) is 11.4 Å². The highest BCUT2D eigenvalue weighted by Gasteiger charge is 2.46. The number of rotatable bonds is 1. The first-order valence-electron chi connectivity index (χ1n) is 7.98. The summed E-state index contributed by atoms with van der Waals surface area (Å²) in [6.07, 6.45) is 1.00. The highest BCUT2D eigenvalue weighted by molar-refractivity contribution is 5.76. The second-order valence-electron chi connectivity index (χ2n) is 7.47. The van der Waals surface area contributed by atoms with Gasteiger partial charge in [-0.15, -0.1) is 0 Å². The molecule has 3 rings (SSSR count). The molecule has 0 bridgehead atoms. The lowest BCUT2D eigenvalue weighted by atomic mass is 9.89. The molecule has 6 heteroatoms. The van der Waals surface area contributed by atoms with E-state index >= 15 is 0 Å². The topological polar surface area (TPSA) is 75.8 Å². The lowest BCUT2D eigenvalue weighted by Crippen LogP contribution is -2.36. The molecule has 126 valence electrons. The zero-order valence-electron chi connectivity index (χ0n) is 14.3. The van der Waals surface area contributed by atoms with E-state index in [0.29, 0.717) is 13.1 Å². The Morgan fingerprint density at radius 1 is 1.39 bits per heavy atom. The van der Waals surface area contributed by atoms with E-state index in [-0.39, 0.29) is 17.9 Å². The Hall–Kier alpha value is -1.82. The van der Waals surface area contributed by atoms with Crippen molar-refractivity contribution in [2.75, 3.05) is 13.1 Å². The van der Waals surface area contributed by atoms with Crippen LogP contribution in [0.25, 0.3) is 5.57 Å². The van der Waals surface area contributed by atoms with Crippen LogP contribution in [0.2, 0.25) is 0 Å². The van der Waals surface area contributed by atoms with Crippen molar-refractivity contribution in [1.82, 2.24) is 10.1 Å². The molecule has 1 aliphatic heterocycles. The molecule has 3 unspecified atom stereocenters. The van der Waals surface area contributed by atoms with Crippen molar-refractivity contribution >= 4 is 11.7 Å². The molecule has 3 atom stereocenters. The summed E-state index contributed by atoms with van der Waals surface area (Å²) in [7, 11) is 0. The summed E-state index contributed by atoms with van der Waals surface area (Å²) in [6, 6.07) is 0. The van der Waals surface area contributed by atoms with Crippen molar-refractivity contribution in [3.63, 3.8) is 0 Å². The van der Waals surface area contributed by atoms with E-state index in [1.54, 1.807) is 4.90 Å². The molecule has 1 amide bonds. The number of fused-ring (bicyclic) bond motifs is 1. The number of ether oxygens (including phenoxy) is 1. The molecule has 0 saturated carbocycles. The first-order valence-corrected chi connectivity index (χ1v) is 7.98. The first kappa shape index (κ1) is 16.1. The van der Waals surface area contributed by atoms with E-state index in [4.69, 9.17) is 9.26 Å². The third-order valence-electron chi connectivity index (χ3n) is 4.53. The molecular weight excluding hydrogens is 296 g/mol. The minimum atomic E-state index is -0.559. The molecule has 1 N–H and O–H groups in total. The summed E-state index contributed by atoms with van der Waals surface area (Å²) in [6.45, 7) is 10.4. The van der Waals surface area contributed by atoms with E-state index in [9.17, 15) is 9.90 Å². The zero-order chi connectivity index (χ0) is 16.9. The maximum atomic E-state index is 12.3. The molecule has 23 heavy (non-hydrogen) atoms. The van der Waals surface area contributed by atoms with Crippen LogP contribution in [-0.2, 0) is 4.74 Å². The Kier molecular flexibility index (Phi) is 3.75. The normalized spacial score (nSPS) is 27.1. The van der Waals surface area contributed by atoms with Gasteiger partial charge in [-0.1, -0.05) is 11.2 Å². The fraction of sp³-hybridized carbons (Fsp3) is 0.647. The maximum Gasteiger partial charge on any atom is 0.410 e. The number of aromatic nitrogens is 1. The second kappa shape index (κ2) is 5.37. The molecule has 0 spiro atoms. The molecule has 1 fully saturated rings. The van der Waals surface area contributed by atoms with Gasteiger partial charge in [0.15, 0.2) is 0 Å². The van der Waals surface area contributed by atoms with Gasteiger partial charge < -0.3 is 19.3 Å². The third kappa shape index (κ3) is 2.87. The van der Waals surface area contributed by atoms with Gasteiger partial charge in [0.2, 0.25) is 0 Å². The van der Waals surface area contributed by atoms with Gasteiger partial charge >= 0.3 is 6.09 Å². The number of carbonyl (C=O) groups is 1. The molecule has 1 aromatic heterocycles. The minimum Gasteiger partial charge on any atom is -0.444 e. The van der Waals surface area contributed by atoms with Crippen molar-refractivity contribution in [2.24, 2.45) is 11.8 Å². The molecule has 2 heterocycles. The summed E-state index contributed by atoms with van der Waals surface area (Å²) in [5, 5.41) is 14.4. The van der Waals surface area contributed by atoms with Gasteiger partial charge in [-0.2, -0.15) is 0 Å². The summed E-state index contributed by atoms with van der Waals surface area (Å²) in [5.41, 5.74) is 2.29. The van der Waals surface area contributed by atoms with Crippen LogP contribution in [0, 0.1) is 25.7 Å². The van der Waals surface area contributed by atoms with Crippen LogP contribution in [0.3, 0.4) is 0 Å². The number of amides is 1. The minimum absolute atomic E-state index is 0.00576. The van der Waals surface area contributed by atoms with E-state index in [2.05, 4.69) is 5.16 Å². The molecular formula is C17H24N2O4. The molecule has 1 aromatic rings. The smallest absolute Gasteiger partial charge is 0.410 e. The second-order valence-corrected chi connectivity index (χ2v) is 7.47. The largest absolute Gasteiger partial charge is 0.444 e. The lowest BCUT2D eigenvalue weighted by Gasteiger charge is -2.25. The van der Waals surface area contributed by atoms with Crippen LogP contribution in [0.5, 0.6) is 0 Å². The van der Waals surface area contributed by atoms with Gasteiger partial charge in [0, 0.05) is 30.5 Å². The Labute approximate surface area is 136 Å². The average Bonchev–Trinajstić information content (AvgIpc) is 3.05. The van der Waals surface area contributed by atoms with Crippen molar-refractivity contribution < 1.29 is 19.2 Å². The van der Waals surface area contributed by atoms with Crippen molar-refractivity contribution in [3.05, 3.63) is 23.1 Å². The van der Waals surface area contributed by atoms with Crippen molar-refractivity contribution in [1.29, 1.82) is 0 Å². The van der Waals surface area contributed by atoms with Crippen LogP contribution in [0.15, 0.2) is 10.6 Å². The summed E-state index contributed by atoms with van der Waals surface area (Å²) >= 11 is 0. The highest BCUT2D eigenvalue weighted by Crippen LogP contribution is 2.45. The number of hydrogen-bond acceptors (Lipinski definition) is 5. The number of hydrogen-bond donors (Lipinski definition) is 1. The van der Waals surface area contributed by atoms with Gasteiger partial charge in [-0.05, 0) is 40.2 Å². The summed E-state index contributed by atoms with van der Waals surface area (Å²) in [5.74, 6) is 0.845. The molecule has 0 aromatic carbocycles. The number of carbonyl (C=O) groups excluding carboxylic acids is 1. The van der Waals surface area contributed by atoms with Gasteiger partial charge in [-0.25, -0.2) is 4.79 Å². The highest BCUT2D eigenvalue weighted by atomic mass is 16.6. The summed E-state index contributed by atoms with van der Waals surface area (Å²) < 4.78 is 10.7. The standard InChI is InChI=1S/C17H24N2O4/c1-9-15(10(2)23-18-9)11-6-14(20)13-8-19(7-12(11)13)16(21)22-17(3,4)5/h6,12-14,20H,7-8H2,1-5H3. The molecule has 1 saturated heterocycles. The van der Waals surface area contributed by atoms with Crippen LogP contribution in [0.4, 0.5) is 4.79 Å².